The maximum absolute atomic E-state index is 11.6. The van der Waals surface area contributed by atoms with Crippen molar-refractivity contribution in [3.63, 3.8) is 0 Å². The van der Waals surface area contributed by atoms with Crippen molar-refractivity contribution in [1.29, 1.82) is 0 Å². The normalized spacial score (nSPS) is 15.3. The lowest BCUT2D eigenvalue weighted by Gasteiger charge is -2.05. The second-order valence-electron chi connectivity index (χ2n) is 3.91. The van der Waals surface area contributed by atoms with Crippen LogP contribution >= 0.6 is 11.3 Å². The standard InChI is InChI=1S/C11H13N3O3S/c15-9(6-8-10(16)13-14-11(8)17)12-4-3-7-2-1-5-18-7/h1-2,5,8H,3-4,6H2,(H,12,15)(H,13,16)(H,14,17). The molecule has 2 rings (SSSR count). The minimum atomic E-state index is -0.910. The van der Waals surface area contributed by atoms with Crippen molar-refractivity contribution in [2.45, 2.75) is 12.8 Å². The summed E-state index contributed by atoms with van der Waals surface area (Å²) in [5.41, 5.74) is 4.37. The van der Waals surface area contributed by atoms with Gasteiger partial charge in [0.1, 0.15) is 5.92 Å². The van der Waals surface area contributed by atoms with Crippen LogP contribution in [-0.4, -0.2) is 24.3 Å². The molecule has 0 atom stereocenters. The Morgan fingerprint density at radius 3 is 2.67 bits per heavy atom. The Hall–Kier alpha value is -1.89. The van der Waals surface area contributed by atoms with Gasteiger partial charge >= 0.3 is 0 Å². The number of carbonyl (C=O) groups excluding carboxylic acids is 3. The number of amides is 3. The van der Waals surface area contributed by atoms with E-state index >= 15 is 0 Å². The predicted molar refractivity (Wildman–Crippen MR) is 65.4 cm³/mol. The van der Waals surface area contributed by atoms with Gasteiger partial charge in [0.05, 0.1) is 0 Å². The number of carbonyl (C=O) groups is 3. The highest BCUT2D eigenvalue weighted by molar-refractivity contribution is 7.09. The zero-order chi connectivity index (χ0) is 13.0. The van der Waals surface area contributed by atoms with Crippen LogP contribution in [0, 0.1) is 5.92 Å². The first-order chi connectivity index (χ1) is 8.66. The average molecular weight is 267 g/mol. The summed E-state index contributed by atoms with van der Waals surface area (Å²) in [7, 11) is 0. The van der Waals surface area contributed by atoms with E-state index in [0.29, 0.717) is 6.54 Å². The quantitative estimate of drug-likeness (QED) is 0.633. The first-order valence-corrected chi connectivity index (χ1v) is 6.43. The summed E-state index contributed by atoms with van der Waals surface area (Å²) in [5.74, 6) is -2.10. The molecule has 1 fully saturated rings. The Balaban J connectivity index is 1.72. The Kier molecular flexibility index (Phi) is 3.93. The molecule has 1 aliphatic rings. The number of nitrogens with one attached hydrogen (secondary N) is 3. The molecule has 0 spiro atoms. The summed E-state index contributed by atoms with van der Waals surface area (Å²) in [5, 5.41) is 4.67. The third kappa shape index (κ3) is 3.07. The summed E-state index contributed by atoms with van der Waals surface area (Å²) in [6.45, 7) is 0.509. The summed E-state index contributed by atoms with van der Waals surface area (Å²) in [6.07, 6.45) is 0.647. The van der Waals surface area contributed by atoms with E-state index in [2.05, 4.69) is 16.2 Å². The fourth-order valence-electron chi connectivity index (χ4n) is 1.64. The highest BCUT2D eigenvalue weighted by atomic mass is 32.1. The Bertz CT molecular complexity index is 442. The van der Waals surface area contributed by atoms with Crippen molar-refractivity contribution >= 4 is 29.1 Å². The van der Waals surface area contributed by atoms with Crippen molar-refractivity contribution in [3.05, 3.63) is 22.4 Å². The molecular weight excluding hydrogens is 254 g/mol. The molecule has 1 saturated heterocycles. The number of rotatable bonds is 5. The van der Waals surface area contributed by atoms with Gasteiger partial charge in [-0.1, -0.05) is 6.07 Å². The molecule has 3 N–H and O–H groups in total. The van der Waals surface area contributed by atoms with Gasteiger partial charge < -0.3 is 5.32 Å². The summed E-state index contributed by atoms with van der Waals surface area (Å²) < 4.78 is 0. The highest BCUT2D eigenvalue weighted by Crippen LogP contribution is 2.09. The van der Waals surface area contributed by atoms with Crippen molar-refractivity contribution in [1.82, 2.24) is 16.2 Å². The molecule has 2 heterocycles. The Morgan fingerprint density at radius 1 is 1.33 bits per heavy atom. The molecule has 0 aliphatic carbocycles. The van der Waals surface area contributed by atoms with Gasteiger partial charge in [0.2, 0.25) is 5.91 Å². The average Bonchev–Trinajstić information content (AvgIpc) is 2.94. The zero-order valence-electron chi connectivity index (χ0n) is 9.56. The van der Waals surface area contributed by atoms with Crippen molar-refractivity contribution in [2.24, 2.45) is 5.92 Å². The summed E-state index contributed by atoms with van der Waals surface area (Å²) in [6, 6.07) is 3.95. The van der Waals surface area contributed by atoms with Crippen molar-refractivity contribution < 1.29 is 14.4 Å². The van der Waals surface area contributed by atoms with Crippen LogP contribution in [0.25, 0.3) is 0 Å². The van der Waals surface area contributed by atoms with Crippen LogP contribution in [0.1, 0.15) is 11.3 Å². The van der Waals surface area contributed by atoms with Gasteiger partial charge in [-0.15, -0.1) is 11.3 Å². The molecule has 7 heteroatoms. The molecule has 0 unspecified atom stereocenters. The van der Waals surface area contributed by atoms with Gasteiger partial charge in [0.25, 0.3) is 11.8 Å². The summed E-state index contributed by atoms with van der Waals surface area (Å²) >= 11 is 1.63. The Morgan fingerprint density at radius 2 is 2.06 bits per heavy atom. The maximum Gasteiger partial charge on any atom is 0.251 e. The summed E-state index contributed by atoms with van der Waals surface area (Å²) in [4.78, 5) is 35.2. The van der Waals surface area contributed by atoms with Gasteiger partial charge in [0.15, 0.2) is 0 Å². The minimum Gasteiger partial charge on any atom is -0.356 e. The molecule has 1 aromatic rings. The second kappa shape index (κ2) is 5.63. The van der Waals surface area contributed by atoms with Crippen LogP contribution in [0.4, 0.5) is 0 Å². The van der Waals surface area contributed by atoms with E-state index in [1.807, 2.05) is 17.5 Å². The monoisotopic (exact) mass is 267 g/mol. The zero-order valence-corrected chi connectivity index (χ0v) is 10.4. The van der Waals surface area contributed by atoms with E-state index < -0.39 is 17.7 Å². The third-order valence-corrected chi connectivity index (χ3v) is 3.54. The Labute approximate surface area is 108 Å². The smallest absolute Gasteiger partial charge is 0.251 e. The molecule has 1 aliphatic heterocycles. The second-order valence-corrected chi connectivity index (χ2v) is 4.95. The third-order valence-electron chi connectivity index (χ3n) is 2.61. The van der Waals surface area contributed by atoms with Crippen LogP contribution < -0.4 is 16.2 Å². The van der Waals surface area contributed by atoms with Gasteiger partial charge in [-0.05, 0) is 17.9 Å². The van der Waals surface area contributed by atoms with Gasteiger partial charge in [-0.2, -0.15) is 0 Å². The molecule has 0 aromatic carbocycles. The number of thiophene rings is 1. The topological polar surface area (TPSA) is 87.3 Å². The van der Waals surface area contributed by atoms with Crippen LogP contribution in [0.5, 0.6) is 0 Å². The van der Waals surface area contributed by atoms with Crippen LogP contribution in [0.3, 0.4) is 0 Å². The number of hydrogen-bond donors (Lipinski definition) is 3. The lowest BCUT2D eigenvalue weighted by atomic mass is 10.1. The predicted octanol–water partition coefficient (Wildman–Crippen LogP) is -0.426. The van der Waals surface area contributed by atoms with Gasteiger partial charge in [-0.3, -0.25) is 25.2 Å². The molecule has 6 nitrogen and oxygen atoms in total. The molecule has 3 amide bonds. The number of hydrogen-bond acceptors (Lipinski definition) is 4. The van der Waals surface area contributed by atoms with E-state index in [-0.39, 0.29) is 12.3 Å². The maximum atomic E-state index is 11.6. The van der Waals surface area contributed by atoms with E-state index in [1.54, 1.807) is 11.3 Å². The van der Waals surface area contributed by atoms with Gasteiger partial charge in [0, 0.05) is 17.8 Å². The first-order valence-electron chi connectivity index (χ1n) is 5.55. The molecule has 1 aromatic heterocycles. The molecule has 0 saturated carbocycles. The fraction of sp³-hybridized carbons (Fsp3) is 0.364. The van der Waals surface area contributed by atoms with E-state index in [1.165, 1.54) is 4.88 Å². The van der Waals surface area contributed by atoms with Crippen LogP contribution in [-0.2, 0) is 20.8 Å². The molecule has 96 valence electrons. The van der Waals surface area contributed by atoms with E-state index in [4.69, 9.17) is 0 Å². The lowest BCUT2D eigenvalue weighted by Crippen LogP contribution is -2.31. The van der Waals surface area contributed by atoms with E-state index in [9.17, 15) is 14.4 Å². The molecule has 0 radical (unpaired) electrons. The van der Waals surface area contributed by atoms with E-state index in [0.717, 1.165) is 6.42 Å². The fourth-order valence-corrected chi connectivity index (χ4v) is 2.35. The van der Waals surface area contributed by atoms with Crippen LogP contribution in [0.15, 0.2) is 17.5 Å². The minimum absolute atomic E-state index is 0.109. The van der Waals surface area contributed by atoms with Crippen molar-refractivity contribution in [3.8, 4) is 0 Å². The van der Waals surface area contributed by atoms with Gasteiger partial charge in [-0.25, -0.2) is 0 Å². The largest absolute Gasteiger partial charge is 0.356 e. The SMILES string of the molecule is O=C(CC1C(=O)NNC1=O)NCCc1cccs1. The first kappa shape index (κ1) is 12.6. The van der Waals surface area contributed by atoms with Crippen LogP contribution in [0.2, 0.25) is 0 Å². The molecule has 0 bridgehead atoms. The molecular formula is C11H13N3O3S. The molecule has 18 heavy (non-hydrogen) atoms. The van der Waals surface area contributed by atoms with Crippen molar-refractivity contribution in [2.75, 3.05) is 6.54 Å². The highest BCUT2D eigenvalue weighted by Gasteiger charge is 2.34. The lowest BCUT2D eigenvalue weighted by molar-refractivity contribution is -0.133. The number of hydrazine groups is 1.